The highest BCUT2D eigenvalue weighted by Gasteiger charge is 2.55. The van der Waals surface area contributed by atoms with Crippen LogP contribution < -0.4 is 5.43 Å². The van der Waals surface area contributed by atoms with Crippen molar-refractivity contribution in [1.29, 1.82) is 5.41 Å². The maximum absolute atomic E-state index is 14.9. The third-order valence-electron chi connectivity index (χ3n) is 8.64. The standard InChI is InChI=1S/C30H40FN5O4/c1-7-40-27(37)15-25(30(5)24(31)16-29(30,3)4)33-34-26(35-17-21(18-35)39-6)14-23(32)28(38)36-13-12-20-10-8-9-11-22(20)19(36)2/h8-11,14,16,19,21,32,34H,7,12-13,15,17-18H2,1-6H3/b26-14+,32-23?,33-25?/t19-,30+/m1/s1. The number of hydrogen-bond donors (Lipinski definition) is 2. The van der Waals surface area contributed by atoms with E-state index in [2.05, 4.69) is 16.6 Å². The molecule has 216 valence electrons. The molecule has 0 radical (unpaired) electrons. The van der Waals surface area contributed by atoms with Crippen LogP contribution in [0, 0.1) is 16.2 Å². The molecule has 2 atom stereocenters. The molecule has 4 rings (SSSR count). The summed E-state index contributed by atoms with van der Waals surface area (Å²) >= 11 is 0. The highest BCUT2D eigenvalue weighted by atomic mass is 19.1. The van der Waals surface area contributed by atoms with Crippen molar-refractivity contribution in [2.45, 2.75) is 59.6 Å². The van der Waals surface area contributed by atoms with Crippen molar-refractivity contribution < 1.29 is 23.5 Å². The van der Waals surface area contributed by atoms with Gasteiger partial charge in [-0.15, -0.1) is 0 Å². The highest BCUT2D eigenvalue weighted by molar-refractivity contribution is 6.42. The van der Waals surface area contributed by atoms with Crippen LogP contribution in [0.25, 0.3) is 0 Å². The fourth-order valence-electron chi connectivity index (χ4n) is 5.53. The minimum atomic E-state index is -1.11. The van der Waals surface area contributed by atoms with E-state index in [1.807, 2.05) is 43.9 Å². The van der Waals surface area contributed by atoms with E-state index in [1.54, 1.807) is 25.9 Å². The van der Waals surface area contributed by atoms with E-state index in [0.717, 1.165) is 12.0 Å². The first-order chi connectivity index (χ1) is 18.9. The summed E-state index contributed by atoms with van der Waals surface area (Å²) in [7, 11) is 1.63. The molecule has 0 aromatic heterocycles. The number of nitrogens with one attached hydrogen (secondary N) is 2. The summed E-state index contributed by atoms with van der Waals surface area (Å²) in [5, 5.41) is 13.2. The summed E-state index contributed by atoms with van der Waals surface area (Å²) in [6, 6.07) is 7.89. The number of halogens is 1. The Morgan fingerprint density at radius 2 is 1.95 bits per heavy atom. The van der Waals surface area contributed by atoms with Gasteiger partial charge in [-0.2, -0.15) is 5.10 Å². The number of benzene rings is 1. The first-order valence-electron chi connectivity index (χ1n) is 13.8. The normalized spacial score (nSPS) is 24.4. The number of esters is 1. The summed E-state index contributed by atoms with van der Waals surface area (Å²) in [5.41, 5.74) is 3.67. The van der Waals surface area contributed by atoms with E-state index in [1.165, 1.54) is 17.7 Å². The maximum atomic E-state index is 14.9. The van der Waals surface area contributed by atoms with Crippen LogP contribution in [-0.4, -0.2) is 72.6 Å². The zero-order chi connectivity index (χ0) is 29.2. The zero-order valence-corrected chi connectivity index (χ0v) is 24.2. The van der Waals surface area contributed by atoms with Crippen LogP contribution in [0.3, 0.4) is 0 Å². The SMILES string of the molecule is CCOC(=O)CC(=NN/C(=C\C(=N)C(=O)N1CCc2ccccc2[C@H]1C)N1CC(OC)C1)[C@]1(C)C(F)=CC1(C)C. The first kappa shape index (κ1) is 29.5. The molecule has 40 heavy (non-hydrogen) atoms. The van der Waals surface area contributed by atoms with Crippen LogP contribution in [0.15, 0.2) is 53.2 Å². The molecule has 1 fully saturated rings. The average molecular weight is 554 g/mol. The van der Waals surface area contributed by atoms with Crippen LogP contribution >= 0.6 is 0 Å². The lowest BCUT2D eigenvalue weighted by molar-refractivity contribution is -0.141. The lowest BCUT2D eigenvalue weighted by atomic mass is 9.55. The molecule has 0 spiro atoms. The number of nitrogens with zero attached hydrogens (tertiary/aromatic N) is 3. The van der Waals surface area contributed by atoms with Gasteiger partial charge < -0.3 is 19.3 Å². The number of amides is 1. The number of ether oxygens (including phenoxy) is 2. The molecular formula is C30H40FN5O4. The Bertz CT molecular complexity index is 1270. The molecule has 2 heterocycles. The van der Waals surface area contributed by atoms with E-state index in [-0.39, 0.29) is 48.3 Å². The number of carbonyl (C=O) groups excluding carboxylic acids is 2. The molecule has 1 aromatic rings. The summed E-state index contributed by atoms with van der Waals surface area (Å²) < 4.78 is 25.5. The molecule has 1 aliphatic carbocycles. The Morgan fingerprint density at radius 3 is 2.58 bits per heavy atom. The van der Waals surface area contributed by atoms with Gasteiger partial charge in [-0.1, -0.05) is 38.1 Å². The molecular weight excluding hydrogens is 513 g/mol. The minimum absolute atomic E-state index is 0.000135. The van der Waals surface area contributed by atoms with Crippen molar-refractivity contribution in [2.75, 3.05) is 33.4 Å². The van der Waals surface area contributed by atoms with Gasteiger partial charge >= 0.3 is 5.97 Å². The van der Waals surface area contributed by atoms with E-state index in [0.29, 0.717) is 25.5 Å². The Balaban J connectivity index is 1.60. The monoisotopic (exact) mass is 553 g/mol. The predicted octanol–water partition coefficient (Wildman–Crippen LogP) is 4.12. The zero-order valence-electron chi connectivity index (χ0n) is 24.2. The topological polar surface area (TPSA) is 107 Å². The van der Waals surface area contributed by atoms with Crippen LogP contribution in [0.1, 0.15) is 58.2 Å². The lowest BCUT2D eigenvalue weighted by Gasteiger charge is -2.49. The molecule has 1 aromatic carbocycles. The first-order valence-corrected chi connectivity index (χ1v) is 13.8. The van der Waals surface area contributed by atoms with Crippen molar-refractivity contribution in [2.24, 2.45) is 15.9 Å². The van der Waals surface area contributed by atoms with Gasteiger partial charge in [0.15, 0.2) is 0 Å². The number of carbonyl (C=O) groups is 2. The third-order valence-corrected chi connectivity index (χ3v) is 8.64. The van der Waals surface area contributed by atoms with E-state index >= 15 is 0 Å². The smallest absolute Gasteiger partial charge is 0.311 e. The van der Waals surface area contributed by atoms with Crippen LogP contribution in [0.2, 0.25) is 0 Å². The van der Waals surface area contributed by atoms with Crippen molar-refractivity contribution in [3.8, 4) is 0 Å². The molecule has 3 aliphatic rings. The van der Waals surface area contributed by atoms with Crippen LogP contribution in [0.4, 0.5) is 4.39 Å². The van der Waals surface area contributed by atoms with Gasteiger partial charge in [-0.05, 0) is 44.4 Å². The second-order valence-corrected chi connectivity index (χ2v) is 11.3. The van der Waals surface area contributed by atoms with Crippen molar-refractivity contribution in [3.63, 3.8) is 0 Å². The quantitative estimate of drug-likeness (QED) is 0.256. The van der Waals surface area contributed by atoms with Crippen LogP contribution in [-0.2, 0) is 25.5 Å². The summed E-state index contributed by atoms with van der Waals surface area (Å²) in [5.74, 6) is -0.848. The molecule has 1 saturated heterocycles. The Labute approximate surface area is 235 Å². The lowest BCUT2D eigenvalue weighted by Crippen LogP contribution is -2.54. The van der Waals surface area contributed by atoms with Crippen LogP contribution in [0.5, 0.6) is 0 Å². The van der Waals surface area contributed by atoms with Gasteiger partial charge in [0, 0.05) is 38.2 Å². The van der Waals surface area contributed by atoms with Gasteiger partial charge in [0.05, 0.1) is 36.3 Å². The number of rotatable bonds is 10. The van der Waals surface area contributed by atoms with Crippen molar-refractivity contribution in [3.05, 3.63) is 59.2 Å². The highest BCUT2D eigenvalue weighted by Crippen LogP contribution is 2.57. The molecule has 10 heteroatoms. The van der Waals surface area contributed by atoms with Gasteiger partial charge in [-0.3, -0.25) is 20.4 Å². The molecule has 2 N–H and O–H groups in total. The molecule has 2 aliphatic heterocycles. The molecule has 1 amide bonds. The summed E-state index contributed by atoms with van der Waals surface area (Å²) in [4.78, 5) is 29.5. The average Bonchev–Trinajstić information content (AvgIpc) is 2.89. The number of hydrogen-bond acceptors (Lipinski definition) is 8. The van der Waals surface area contributed by atoms with Gasteiger partial charge in [0.1, 0.15) is 17.4 Å². The Morgan fingerprint density at radius 1 is 1.25 bits per heavy atom. The van der Waals surface area contributed by atoms with E-state index in [4.69, 9.17) is 14.9 Å². The summed E-state index contributed by atoms with van der Waals surface area (Å²) in [6.45, 7) is 11.0. The number of likely N-dealkylation sites (tertiary alicyclic amines) is 1. The van der Waals surface area contributed by atoms with Crippen molar-refractivity contribution >= 4 is 23.3 Å². The van der Waals surface area contributed by atoms with Gasteiger partial charge in [0.25, 0.3) is 5.91 Å². The maximum Gasteiger partial charge on any atom is 0.311 e. The number of hydrazone groups is 1. The fraction of sp³-hybridized carbons (Fsp3) is 0.533. The number of allylic oxidation sites excluding steroid dienone is 2. The van der Waals surface area contributed by atoms with Crippen molar-refractivity contribution in [1.82, 2.24) is 15.2 Å². The molecule has 0 bridgehead atoms. The summed E-state index contributed by atoms with van der Waals surface area (Å²) in [6.07, 6.45) is 3.50. The Hall–Kier alpha value is -3.53. The van der Waals surface area contributed by atoms with Gasteiger partial charge in [-0.25, -0.2) is 4.39 Å². The number of methoxy groups -OCH3 is 1. The Kier molecular flexibility index (Phi) is 8.49. The molecule has 9 nitrogen and oxygen atoms in total. The fourth-order valence-corrected chi connectivity index (χ4v) is 5.53. The second kappa shape index (κ2) is 11.5. The largest absolute Gasteiger partial charge is 0.466 e. The third kappa shape index (κ3) is 5.41. The van der Waals surface area contributed by atoms with E-state index < -0.39 is 16.8 Å². The molecule has 0 saturated carbocycles. The molecule has 0 unspecified atom stereocenters. The minimum Gasteiger partial charge on any atom is -0.466 e. The van der Waals surface area contributed by atoms with E-state index in [9.17, 15) is 14.0 Å². The second-order valence-electron chi connectivity index (χ2n) is 11.3. The number of fused-ring (bicyclic) bond motifs is 1. The van der Waals surface area contributed by atoms with Gasteiger partial charge in [0.2, 0.25) is 0 Å². The predicted molar refractivity (Wildman–Crippen MR) is 151 cm³/mol.